The zero-order chi connectivity index (χ0) is 20.6. The van der Waals surface area contributed by atoms with Crippen molar-refractivity contribution in [3.63, 3.8) is 0 Å². The van der Waals surface area contributed by atoms with Gasteiger partial charge in [0, 0.05) is 18.7 Å². The molecule has 3 rings (SSSR count). The minimum atomic E-state index is -2.25. The lowest BCUT2D eigenvalue weighted by molar-refractivity contribution is -0.387. The molecular formula is C18H16N2O8. The Balaban J connectivity index is 2.25. The highest BCUT2D eigenvalue weighted by Crippen LogP contribution is 2.52. The number of amides is 1. The fourth-order valence-corrected chi connectivity index (χ4v) is 2.97. The maximum atomic E-state index is 12.0. The fourth-order valence-electron chi connectivity index (χ4n) is 2.97. The zero-order valence-electron chi connectivity index (χ0n) is 14.6. The largest absolute Gasteiger partial charge is 0.502 e. The Labute approximate surface area is 158 Å². The molecule has 0 fully saturated rings. The third kappa shape index (κ3) is 3.21. The van der Waals surface area contributed by atoms with Crippen molar-refractivity contribution in [3.8, 4) is 17.2 Å². The van der Waals surface area contributed by atoms with Gasteiger partial charge in [-0.15, -0.1) is 0 Å². The summed E-state index contributed by atoms with van der Waals surface area (Å²) in [6.07, 6.45) is 0.370. The van der Waals surface area contributed by atoms with Gasteiger partial charge in [-0.3, -0.25) is 20.1 Å². The Kier molecular flexibility index (Phi) is 4.67. The third-order valence-electron chi connectivity index (χ3n) is 4.26. The zero-order valence-corrected chi connectivity index (χ0v) is 14.6. The second-order valence-electron chi connectivity index (χ2n) is 6.22. The summed E-state index contributed by atoms with van der Waals surface area (Å²) in [6.45, 7) is 0. The van der Waals surface area contributed by atoms with E-state index in [2.05, 4.69) is 0 Å². The smallest absolute Gasteiger partial charge is 0.352 e. The molecule has 2 aromatic rings. The van der Waals surface area contributed by atoms with Crippen LogP contribution in [0, 0.1) is 10.1 Å². The van der Waals surface area contributed by atoms with Crippen LogP contribution in [0.2, 0.25) is 0 Å². The van der Waals surface area contributed by atoms with Crippen molar-refractivity contribution in [1.29, 1.82) is 0 Å². The summed E-state index contributed by atoms with van der Waals surface area (Å²) in [6, 6.07) is 9.33. The van der Waals surface area contributed by atoms with Crippen molar-refractivity contribution in [2.24, 2.45) is 0 Å². The van der Waals surface area contributed by atoms with Crippen LogP contribution in [0.3, 0.4) is 0 Å². The van der Waals surface area contributed by atoms with E-state index in [1.54, 1.807) is 30.3 Å². The second kappa shape index (κ2) is 6.83. The molecule has 1 aliphatic heterocycles. The molecule has 146 valence electrons. The first-order chi connectivity index (χ1) is 13.1. The van der Waals surface area contributed by atoms with E-state index >= 15 is 0 Å². The van der Waals surface area contributed by atoms with Crippen molar-refractivity contribution >= 4 is 17.4 Å². The monoisotopic (exact) mass is 388 g/mol. The molecule has 4 N–H and O–H groups in total. The fraction of sp³-hybridized carbons (Fsp3) is 0.167. The number of aromatic hydroxyl groups is 2. The third-order valence-corrected chi connectivity index (χ3v) is 4.26. The van der Waals surface area contributed by atoms with Crippen LogP contribution in [0.25, 0.3) is 5.76 Å². The molecule has 1 amide bonds. The first-order valence-electron chi connectivity index (χ1n) is 8.02. The molecule has 1 aliphatic rings. The molecule has 0 spiro atoms. The lowest BCUT2D eigenvalue weighted by Crippen LogP contribution is -2.35. The van der Waals surface area contributed by atoms with Crippen LogP contribution >= 0.6 is 0 Å². The number of aliphatic hydroxyl groups is 1. The predicted octanol–water partition coefficient (Wildman–Crippen LogP) is 1.86. The van der Waals surface area contributed by atoms with Gasteiger partial charge in [-0.1, -0.05) is 30.3 Å². The van der Waals surface area contributed by atoms with E-state index in [0.29, 0.717) is 5.56 Å². The average Bonchev–Trinajstić information content (AvgIpc) is 2.60. The molecule has 1 unspecified atom stereocenters. The summed E-state index contributed by atoms with van der Waals surface area (Å²) in [5, 5.41) is 52.3. The number of hydroxylamine groups is 2. The number of ether oxygens (including phenoxy) is 1. The number of hydrogen-bond donors (Lipinski definition) is 4. The quantitative estimate of drug-likeness (QED) is 0.352. The van der Waals surface area contributed by atoms with Crippen LogP contribution in [0.1, 0.15) is 17.5 Å². The van der Waals surface area contributed by atoms with Crippen molar-refractivity contribution in [2.45, 2.75) is 12.0 Å². The summed E-state index contributed by atoms with van der Waals surface area (Å²) in [7, 11) is 1.05. The van der Waals surface area contributed by atoms with Gasteiger partial charge >= 0.3 is 5.69 Å². The molecule has 0 aliphatic carbocycles. The first-order valence-corrected chi connectivity index (χ1v) is 8.02. The number of carbonyl (C=O) groups is 1. The molecule has 0 radical (unpaired) electrons. The molecule has 0 bridgehead atoms. The Bertz CT molecular complexity index is 987. The van der Waals surface area contributed by atoms with Gasteiger partial charge in [-0.2, -0.15) is 0 Å². The molecule has 2 aromatic carbocycles. The Hall–Kier alpha value is -3.63. The molecular weight excluding hydrogens is 372 g/mol. The van der Waals surface area contributed by atoms with Gasteiger partial charge < -0.3 is 20.1 Å². The topological polar surface area (TPSA) is 154 Å². The van der Waals surface area contributed by atoms with Crippen LogP contribution in [-0.2, 0) is 10.4 Å². The Morgan fingerprint density at radius 3 is 2.50 bits per heavy atom. The Morgan fingerprint density at radius 1 is 1.29 bits per heavy atom. The minimum absolute atomic E-state index is 0.0941. The molecule has 0 aromatic heterocycles. The molecule has 1 heterocycles. The van der Waals surface area contributed by atoms with Crippen molar-refractivity contribution in [3.05, 3.63) is 63.7 Å². The number of rotatable bonds is 4. The number of phenolic OH excluding ortho intramolecular Hbond substituents is 2. The maximum absolute atomic E-state index is 12.0. The number of nitro groups is 1. The number of carbonyl (C=O) groups excluding carboxylic acids is 1. The number of fused-ring (bicyclic) bond motifs is 1. The van der Waals surface area contributed by atoms with Gasteiger partial charge in [-0.05, 0) is 6.08 Å². The van der Waals surface area contributed by atoms with Crippen LogP contribution in [0.15, 0.2) is 42.5 Å². The van der Waals surface area contributed by atoms with Gasteiger partial charge in [0.15, 0.2) is 0 Å². The first kappa shape index (κ1) is 19.1. The van der Waals surface area contributed by atoms with Gasteiger partial charge in [0.1, 0.15) is 17.1 Å². The number of benzene rings is 2. The molecule has 10 nitrogen and oxygen atoms in total. The van der Waals surface area contributed by atoms with E-state index in [4.69, 9.17) is 4.74 Å². The van der Waals surface area contributed by atoms with Crippen molar-refractivity contribution in [2.75, 3.05) is 7.05 Å². The van der Waals surface area contributed by atoms with Crippen molar-refractivity contribution in [1.82, 2.24) is 5.06 Å². The summed E-state index contributed by atoms with van der Waals surface area (Å²) >= 11 is 0. The summed E-state index contributed by atoms with van der Waals surface area (Å²) in [5.74, 6) is -3.01. The number of phenols is 2. The molecule has 28 heavy (non-hydrogen) atoms. The van der Waals surface area contributed by atoms with E-state index in [1.165, 1.54) is 0 Å². The lowest BCUT2D eigenvalue weighted by atomic mass is 9.84. The molecule has 10 heteroatoms. The predicted molar refractivity (Wildman–Crippen MR) is 94.5 cm³/mol. The molecule has 0 saturated carbocycles. The SMILES string of the molecule is CN(O)C(=O)CC1(O)C=C(c2ccccc2)Oc2cc(O)c([N+](=O)[O-])c(O)c21. The molecule has 1 atom stereocenters. The highest BCUT2D eigenvalue weighted by Gasteiger charge is 2.44. The summed E-state index contributed by atoms with van der Waals surface area (Å²) in [4.78, 5) is 22.2. The van der Waals surface area contributed by atoms with E-state index in [-0.39, 0.29) is 16.6 Å². The van der Waals surface area contributed by atoms with Gasteiger partial charge in [0.05, 0.1) is 16.9 Å². The van der Waals surface area contributed by atoms with E-state index in [9.17, 15) is 35.4 Å². The maximum Gasteiger partial charge on any atom is 0.352 e. The normalized spacial score (nSPS) is 17.9. The Morgan fingerprint density at radius 2 is 1.93 bits per heavy atom. The second-order valence-corrected chi connectivity index (χ2v) is 6.22. The van der Waals surface area contributed by atoms with E-state index < -0.39 is 45.6 Å². The average molecular weight is 388 g/mol. The number of nitrogens with zero attached hydrogens (tertiary/aromatic N) is 2. The van der Waals surface area contributed by atoms with Gasteiger partial charge in [0.2, 0.25) is 17.4 Å². The summed E-state index contributed by atoms with van der Waals surface area (Å²) in [5.41, 5.74) is -3.25. The standard InChI is InChI=1S/C18H16N2O8/c1-19(25)14(22)9-18(24)8-13(10-5-3-2-4-6-10)28-12-7-11(21)16(20(26)27)17(23)15(12)18/h2-8,21,23-25H,9H2,1H3. The van der Waals surface area contributed by atoms with E-state index in [0.717, 1.165) is 19.2 Å². The van der Waals surface area contributed by atoms with Crippen LogP contribution in [-0.4, -0.2) is 43.5 Å². The highest BCUT2D eigenvalue weighted by molar-refractivity contribution is 5.81. The number of hydrogen-bond acceptors (Lipinski definition) is 8. The molecule has 0 saturated heterocycles. The minimum Gasteiger partial charge on any atom is -0.502 e. The number of nitro benzene ring substituents is 1. The lowest BCUT2D eigenvalue weighted by Gasteiger charge is -2.33. The van der Waals surface area contributed by atoms with Gasteiger partial charge in [0.25, 0.3) is 0 Å². The van der Waals surface area contributed by atoms with Crippen LogP contribution in [0.4, 0.5) is 5.69 Å². The summed E-state index contributed by atoms with van der Waals surface area (Å²) < 4.78 is 5.62. The highest BCUT2D eigenvalue weighted by atomic mass is 16.6. The van der Waals surface area contributed by atoms with Crippen LogP contribution in [0.5, 0.6) is 17.2 Å². The van der Waals surface area contributed by atoms with Crippen LogP contribution < -0.4 is 4.74 Å². The van der Waals surface area contributed by atoms with E-state index in [1.807, 2.05) is 0 Å². The van der Waals surface area contributed by atoms with Crippen molar-refractivity contribution < 1.29 is 35.0 Å². The van der Waals surface area contributed by atoms with Gasteiger partial charge in [-0.25, -0.2) is 5.06 Å².